The van der Waals surface area contributed by atoms with Gasteiger partial charge in [-0.1, -0.05) is 6.07 Å². The van der Waals surface area contributed by atoms with E-state index in [1.54, 1.807) is 6.92 Å². The number of amides is 2. The lowest BCUT2D eigenvalue weighted by Gasteiger charge is -2.27. The number of aliphatic hydroxyl groups excluding tert-OH is 1. The van der Waals surface area contributed by atoms with Crippen molar-refractivity contribution in [2.45, 2.75) is 25.2 Å². The third-order valence-corrected chi connectivity index (χ3v) is 5.62. The van der Waals surface area contributed by atoms with Crippen LogP contribution in [0.1, 0.15) is 28.9 Å². The van der Waals surface area contributed by atoms with Crippen LogP contribution in [0.5, 0.6) is 5.75 Å². The lowest BCUT2D eigenvalue weighted by molar-refractivity contribution is -0.137. The first-order valence-corrected chi connectivity index (χ1v) is 10.5. The van der Waals surface area contributed by atoms with E-state index >= 15 is 0 Å². The molecular weight excluding hydrogens is 493 g/mol. The number of aliphatic hydroxyl groups is 1. The molecule has 2 unspecified atom stereocenters. The highest BCUT2D eigenvalue weighted by Crippen LogP contribution is 2.35. The van der Waals surface area contributed by atoms with Gasteiger partial charge in [-0.3, -0.25) is 14.4 Å². The summed E-state index contributed by atoms with van der Waals surface area (Å²) in [6.07, 6.45) is -3.55. The highest BCUT2D eigenvalue weighted by Gasteiger charge is 2.32. The number of anilines is 1. The standard InChI is InChI=1S/C23H18F5N3O5/c1-10-9-36-20-17(25)15(24)6-13-18(20)31(10)7-14(19(13)33)21(34)30-16(8-32)22(35)29-12-4-2-3-11(5-12)23(26,27)28/h2-7,10,16,32H,8-9H2,1H3,(H,29,35)(H,30,34). The Morgan fingerprint density at radius 3 is 2.64 bits per heavy atom. The van der Waals surface area contributed by atoms with Gasteiger partial charge in [0.15, 0.2) is 11.6 Å². The second-order valence-electron chi connectivity index (χ2n) is 8.11. The van der Waals surface area contributed by atoms with Crippen molar-refractivity contribution in [3.8, 4) is 5.75 Å². The molecule has 4 rings (SSSR count). The van der Waals surface area contributed by atoms with Gasteiger partial charge in [-0.2, -0.15) is 17.6 Å². The van der Waals surface area contributed by atoms with Gasteiger partial charge in [0.25, 0.3) is 5.91 Å². The van der Waals surface area contributed by atoms with Crippen LogP contribution in [0.4, 0.5) is 27.6 Å². The predicted molar refractivity (Wildman–Crippen MR) is 117 cm³/mol. The first-order chi connectivity index (χ1) is 16.9. The number of pyridine rings is 1. The number of nitrogens with zero attached hydrogens (tertiary/aromatic N) is 1. The van der Waals surface area contributed by atoms with Crippen molar-refractivity contribution in [2.24, 2.45) is 0 Å². The first kappa shape index (κ1) is 25.1. The third kappa shape index (κ3) is 4.49. The largest absolute Gasteiger partial charge is 0.486 e. The van der Waals surface area contributed by atoms with E-state index in [1.807, 2.05) is 0 Å². The second-order valence-corrected chi connectivity index (χ2v) is 8.11. The fourth-order valence-corrected chi connectivity index (χ4v) is 3.79. The molecule has 0 radical (unpaired) electrons. The molecular formula is C23H18F5N3O5. The molecule has 0 saturated heterocycles. The monoisotopic (exact) mass is 511 g/mol. The molecule has 1 aliphatic rings. The van der Waals surface area contributed by atoms with Crippen molar-refractivity contribution < 1.29 is 41.4 Å². The van der Waals surface area contributed by atoms with Gasteiger partial charge in [0, 0.05) is 11.9 Å². The number of hydrogen-bond acceptors (Lipinski definition) is 5. The Labute approximate surface area is 199 Å². The maximum Gasteiger partial charge on any atom is 0.416 e. The molecule has 8 nitrogen and oxygen atoms in total. The molecule has 36 heavy (non-hydrogen) atoms. The minimum Gasteiger partial charge on any atom is -0.486 e. The van der Waals surface area contributed by atoms with Gasteiger partial charge < -0.3 is 25.0 Å². The van der Waals surface area contributed by atoms with Crippen LogP contribution < -0.4 is 20.8 Å². The Morgan fingerprint density at radius 1 is 1.25 bits per heavy atom. The van der Waals surface area contributed by atoms with Crippen molar-refractivity contribution in [3.63, 3.8) is 0 Å². The van der Waals surface area contributed by atoms with Gasteiger partial charge in [-0.05, 0) is 31.2 Å². The molecule has 2 amide bonds. The molecule has 2 atom stereocenters. The third-order valence-electron chi connectivity index (χ3n) is 5.62. The van der Waals surface area contributed by atoms with Crippen molar-refractivity contribution in [2.75, 3.05) is 18.5 Å². The Hall–Kier alpha value is -4.00. The fraction of sp³-hybridized carbons (Fsp3) is 0.261. The van der Waals surface area contributed by atoms with Gasteiger partial charge in [-0.15, -0.1) is 0 Å². The average Bonchev–Trinajstić information content (AvgIpc) is 2.82. The van der Waals surface area contributed by atoms with Gasteiger partial charge >= 0.3 is 6.18 Å². The topological polar surface area (TPSA) is 110 Å². The zero-order chi connectivity index (χ0) is 26.4. The smallest absolute Gasteiger partial charge is 0.416 e. The van der Waals surface area contributed by atoms with E-state index in [1.165, 1.54) is 10.6 Å². The summed E-state index contributed by atoms with van der Waals surface area (Å²) in [5, 5.41) is 13.6. The molecule has 2 aromatic carbocycles. The summed E-state index contributed by atoms with van der Waals surface area (Å²) in [5.41, 5.74) is -2.82. The number of carbonyl (C=O) groups is 2. The summed E-state index contributed by atoms with van der Waals surface area (Å²) < 4.78 is 73.6. The second kappa shape index (κ2) is 9.22. The summed E-state index contributed by atoms with van der Waals surface area (Å²) in [4.78, 5) is 38.4. The van der Waals surface area contributed by atoms with E-state index in [9.17, 15) is 41.4 Å². The summed E-state index contributed by atoms with van der Waals surface area (Å²) in [6.45, 7) is 0.618. The van der Waals surface area contributed by atoms with Crippen LogP contribution in [0.15, 0.2) is 41.3 Å². The van der Waals surface area contributed by atoms with Crippen LogP contribution in [0.3, 0.4) is 0 Å². The average molecular weight is 511 g/mol. The molecule has 190 valence electrons. The number of rotatable bonds is 5. The normalized spacial score (nSPS) is 15.8. The molecule has 1 aromatic heterocycles. The van der Waals surface area contributed by atoms with E-state index < -0.39 is 70.6 Å². The zero-order valence-corrected chi connectivity index (χ0v) is 18.5. The first-order valence-electron chi connectivity index (χ1n) is 10.5. The molecule has 13 heteroatoms. The summed E-state index contributed by atoms with van der Waals surface area (Å²) >= 11 is 0. The van der Waals surface area contributed by atoms with Crippen molar-refractivity contribution in [3.05, 3.63) is 69.5 Å². The fourth-order valence-electron chi connectivity index (χ4n) is 3.79. The molecule has 1 aliphatic heterocycles. The Bertz CT molecular complexity index is 1440. The minimum absolute atomic E-state index is 0.0461. The number of aromatic nitrogens is 1. The van der Waals surface area contributed by atoms with E-state index in [0.29, 0.717) is 12.1 Å². The van der Waals surface area contributed by atoms with E-state index in [4.69, 9.17) is 4.74 Å². The van der Waals surface area contributed by atoms with Crippen LogP contribution in [0, 0.1) is 11.6 Å². The van der Waals surface area contributed by atoms with Gasteiger partial charge in [-0.25, -0.2) is 4.39 Å². The molecule has 2 heterocycles. The summed E-state index contributed by atoms with van der Waals surface area (Å²) in [6, 6.07) is 2.22. The van der Waals surface area contributed by atoms with E-state index in [-0.39, 0.29) is 23.2 Å². The number of alkyl halides is 3. The SMILES string of the molecule is CC1COc2c(F)c(F)cc3c(=O)c(C(=O)NC(CO)C(=O)Nc4cccc(C(F)(F)F)c4)cn1c23. The lowest BCUT2D eigenvalue weighted by Crippen LogP contribution is -2.47. The molecule has 0 bridgehead atoms. The quantitative estimate of drug-likeness (QED) is 0.457. The van der Waals surface area contributed by atoms with Gasteiger partial charge in [0.1, 0.15) is 18.2 Å². The number of hydrogen-bond donors (Lipinski definition) is 3. The Balaban J connectivity index is 1.64. The minimum atomic E-state index is -4.66. The highest BCUT2D eigenvalue weighted by molar-refractivity contribution is 6.03. The van der Waals surface area contributed by atoms with E-state index in [0.717, 1.165) is 18.3 Å². The molecule has 3 aromatic rings. The molecule has 3 N–H and O–H groups in total. The van der Waals surface area contributed by atoms with Gasteiger partial charge in [0.2, 0.25) is 17.2 Å². The van der Waals surface area contributed by atoms with Gasteiger partial charge in [0.05, 0.1) is 29.1 Å². The molecule has 0 saturated carbocycles. The van der Waals surface area contributed by atoms with E-state index in [2.05, 4.69) is 10.6 Å². The number of ether oxygens (including phenoxy) is 1. The zero-order valence-electron chi connectivity index (χ0n) is 18.5. The Kier molecular flexibility index (Phi) is 6.43. The molecule has 0 aliphatic carbocycles. The maximum atomic E-state index is 14.2. The van der Waals surface area contributed by atoms with Crippen molar-refractivity contribution >= 4 is 28.4 Å². The number of nitrogens with one attached hydrogen (secondary N) is 2. The van der Waals surface area contributed by atoms with Crippen LogP contribution in [0.25, 0.3) is 10.9 Å². The Morgan fingerprint density at radius 2 is 1.97 bits per heavy atom. The van der Waals surface area contributed by atoms with Crippen molar-refractivity contribution in [1.29, 1.82) is 0 Å². The number of halogens is 5. The molecule has 0 spiro atoms. The lowest BCUT2D eigenvalue weighted by atomic mass is 10.1. The van der Waals surface area contributed by atoms with Crippen molar-refractivity contribution in [1.82, 2.24) is 9.88 Å². The number of benzene rings is 2. The highest BCUT2D eigenvalue weighted by atomic mass is 19.4. The van der Waals surface area contributed by atoms with Crippen LogP contribution in [0.2, 0.25) is 0 Å². The van der Waals surface area contributed by atoms with Crippen LogP contribution in [-0.4, -0.2) is 40.7 Å². The summed E-state index contributed by atoms with van der Waals surface area (Å²) in [7, 11) is 0. The predicted octanol–water partition coefficient (Wildman–Crippen LogP) is 2.98. The molecule has 0 fully saturated rings. The summed E-state index contributed by atoms with van der Waals surface area (Å²) in [5.74, 6) is -5.28. The van der Waals surface area contributed by atoms with Crippen LogP contribution >= 0.6 is 0 Å². The number of carbonyl (C=O) groups excluding carboxylic acids is 2. The maximum absolute atomic E-state index is 14.2. The van der Waals surface area contributed by atoms with Crippen LogP contribution in [-0.2, 0) is 11.0 Å².